The zero-order valence-corrected chi connectivity index (χ0v) is 19.4. The molecule has 0 heterocycles. The first kappa shape index (κ1) is 24.7. The van der Waals surface area contributed by atoms with Gasteiger partial charge in [-0.3, -0.25) is 9.10 Å². The van der Waals surface area contributed by atoms with Gasteiger partial charge in [0.15, 0.2) is 6.61 Å². The number of aryl methyl sites for hydroxylation is 1. The summed E-state index contributed by atoms with van der Waals surface area (Å²) >= 11 is 0. The Kier molecular flexibility index (Phi) is 9.33. The molecule has 170 valence electrons. The number of anilines is 1. The second kappa shape index (κ2) is 11.7. The predicted molar refractivity (Wildman–Crippen MR) is 122 cm³/mol. The summed E-state index contributed by atoms with van der Waals surface area (Å²) in [6.07, 6.45) is 0.745. The molecule has 0 unspecified atom stereocenters. The minimum absolute atomic E-state index is 0.107. The number of sulfonamides is 1. The van der Waals surface area contributed by atoms with Gasteiger partial charge in [0.2, 0.25) is 0 Å². The molecule has 0 saturated heterocycles. The van der Waals surface area contributed by atoms with E-state index in [2.05, 4.69) is 19.2 Å². The number of carbonyl (C=O) groups is 1. The first-order chi connectivity index (χ1) is 14.7. The predicted octanol–water partition coefficient (Wildman–Crippen LogP) is 3.38. The van der Waals surface area contributed by atoms with Gasteiger partial charge < -0.3 is 14.8 Å². The molecular weight excluding hydrogens is 416 g/mol. The van der Waals surface area contributed by atoms with Gasteiger partial charge in [-0.15, -0.1) is 0 Å². The van der Waals surface area contributed by atoms with E-state index in [4.69, 9.17) is 9.47 Å². The van der Waals surface area contributed by atoms with Crippen molar-refractivity contribution in [2.45, 2.75) is 32.1 Å². The highest BCUT2D eigenvalue weighted by Gasteiger charge is 2.21. The van der Waals surface area contributed by atoms with Crippen LogP contribution in [0.25, 0.3) is 0 Å². The number of nitrogens with zero attached hydrogens (tertiary/aromatic N) is 1. The highest BCUT2D eigenvalue weighted by molar-refractivity contribution is 7.92. The quantitative estimate of drug-likeness (QED) is 0.503. The third-order valence-corrected chi connectivity index (χ3v) is 6.29. The molecule has 8 heteroatoms. The van der Waals surface area contributed by atoms with Crippen molar-refractivity contribution >= 4 is 21.6 Å². The van der Waals surface area contributed by atoms with E-state index >= 15 is 0 Å². The van der Waals surface area contributed by atoms with Crippen LogP contribution < -0.4 is 14.4 Å². The molecule has 0 radical (unpaired) electrons. The lowest BCUT2D eigenvalue weighted by molar-refractivity contribution is -0.123. The Hall–Kier alpha value is -2.58. The molecule has 0 aromatic heterocycles. The first-order valence-corrected chi connectivity index (χ1v) is 11.8. The van der Waals surface area contributed by atoms with Crippen LogP contribution in [0.1, 0.15) is 25.8 Å². The van der Waals surface area contributed by atoms with E-state index in [1.165, 1.54) is 11.4 Å². The molecule has 1 amide bonds. The fourth-order valence-electron chi connectivity index (χ4n) is 2.68. The number of ether oxygens (including phenoxy) is 2. The maximum atomic E-state index is 12.8. The summed E-state index contributed by atoms with van der Waals surface area (Å²) in [6.45, 7) is 7.83. The average Bonchev–Trinajstić information content (AvgIpc) is 2.74. The molecule has 7 nitrogen and oxygen atoms in total. The highest BCUT2D eigenvalue weighted by Crippen LogP contribution is 2.24. The number of nitrogens with one attached hydrogen (secondary N) is 1. The summed E-state index contributed by atoms with van der Waals surface area (Å²) < 4.78 is 37.7. The monoisotopic (exact) mass is 448 g/mol. The second-order valence-corrected chi connectivity index (χ2v) is 9.71. The molecule has 2 aromatic carbocycles. The Bertz CT molecular complexity index is 925. The van der Waals surface area contributed by atoms with Gasteiger partial charge >= 0.3 is 0 Å². The van der Waals surface area contributed by atoms with Crippen LogP contribution >= 0.6 is 0 Å². The fourth-order valence-corrected chi connectivity index (χ4v) is 3.88. The Balaban J connectivity index is 1.81. The molecule has 0 aliphatic carbocycles. The number of hydrogen-bond acceptors (Lipinski definition) is 5. The number of rotatable bonds is 12. The standard InChI is InChI=1S/C23H32N2O5S/c1-18(2)16-29-15-5-14-24-23(26)17-30-21-10-8-20(9-11-21)25(4)31(27,28)22-12-6-19(3)7-13-22/h6-13,18H,5,14-17H2,1-4H3,(H,24,26). The third kappa shape index (κ3) is 7.88. The van der Waals surface area contributed by atoms with Crippen LogP contribution in [-0.2, 0) is 19.6 Å². The van der Waals surface area contributed by atoms with Crippen molar-refractivity contribution in [2.75, 3.05) is 37.7 Å². The molecule has 0 aliphatic rings. The molecular formula is C23H32N2O5S. The van der Waals surface area contributed by atoms with Gasteiger partial charge in [-0.2, -0.15) is 0 Å². The van der Waals surface area contributed by atoms with Gasteiger partial charge in [0.05, 0.1) is 10.6 Å². The molecule has 0 bridgehead atoms. The number of hydrogen-bond donors (Lipinski definition) is 1. The first-order valence-electron chi connectivity index (χ1n) is 10.3. The van der Waals surface area contributed by atoms with E-state index in [0.717, 1.165) is 12.0 Å². The summed E-state index contributed by atoms with van der Waals surface area (Å²) in [6, 6.07) is 13.3. The van der Waals surface area contributed by atoms with Crippen LogP contribution in [-0.4, -0.2) is 47.7 Å². The topological polar surface area (TPSA) is 84.9 Å². The Morgan fingerprint density at radius 1 is 1.06 bits per heavy atom. The molecule has 0 spiro atoms. The summed E-state index contributed by atoms with van der Waals surface area (Å²) in [7, 11) is -2.15. The van der Waals surface area contributed by atoms with Gasteiger partial charge in [-0.25, -0.2) is 8.42 Å². The highest BCUT2D eigenvalue weighted by atomic mass is 32.2. The lowest BCUT2D eigenvalue weighted by Gasteiger charge is -2.20. The van der Waals surface area contributed by atoms with Crippen molar-refractivity contribution in [2.24, 2.45) is 5.92 Å². The second-order valence-electron chi connectivity index (χ2n) is 7.74. The van der Waals surface area contributed by atoms with E-state index in [9.17, 15) is 13.2 Å². The van der Waals surface area contributed by atoms with E-state index in [-0.39, 0.29) is 17.4 Å². The van der Waals surface area contributed by atoms with Crippen molar-refractivity contribution < 1.29 is 22.7 Å². The van der Waals surface area contributed by atoms with Crippen molar-refractivity contribution in [1.29, 1.82) is 0 Å². The average molecular weight is 449 g/mol. The molecule has 2 aromatic rings. The molecule has 2 rings (SSSR count). The number of carbonyl (C=O) groups excluding carboxylic acids is 1. The normalized spacial score (nSPS) is 11.4. The summed E-state index contributed by atoms with van der Waals surface area (Å²) in [5, 5.41) is 2.78. The lowest BCUT2D eigenvalue weighted by atomic mass is 10.2. The third-order valence-electron chi connectivity index (χ3n) is 4.49. The van der Waals surface area contributed by atoms with Crippen LogP contribution in [0.2, 0.25) is 0 Å². The van der Waals surface area contributed by atoms with Crippen LogP contribution in [0, 0.1) is 12.8 Å². The van der Waals surface area contributed by atoms with E-state index in [1.54, 1.807) is 48.5 Å². The number of amides is 1. The molecule has 1 N–H and O–H groups in total. The molecule has 0 fully saturated rings. The van der Waals surface area contributed by atoms with Crippen LogP contribution in [0.3, 0.4) is 0 Å². The van der Waals surface area contributed by atoms with Crippen LogP contribution in [0.4, 0.5) is 5.69 Å². The summed E-state index contributed by atoms with van der Waals surface area (Å²) in [4.78, 5) is 12.1. The Labute approximate surface area is 185 Å². The molecule has 0 atom stereocenters. The minimum Gasteiger partial charge on any atom is -0.484 e. The summed E-state index contributed by atoms with van der Waals surface area (Å²) in [5.41, 5.74) is 1.49. The Morgan fingerprint density at radius 3 is 2.32 bits per heavy atom. The zero-order valence-electron chi connectivity index (χ0n) is 18.6. The lowest BCUT2D eigenvalue weighted by Crippen LogP contribution is -2.30. The minimum atomic E-state index is -3.65. The largest absolute Gasteiger partial charge is 0.484 e. The molecule has 31 heavy (non-hydrogen) atoms. The van der Waals surface area contributed by atoms with Gasteiger partial charge in [0.1, 0.15) is 5.75 Å². The van der Waals surface area contributed by atoms with Gasteiger partial charge in [0.25, 0.3) is 15.9 Å². The van der Waals surface area contributed by atoms with Crippen molar-refractivity contribution in [3.8, 4) is 5.75 Å². The smallest absolute Gasteiger partial charge is 0.264 e. The Morgan fingerprint density at radius 2 is 1.71 bits per heavy atom. The van der Waals surface area contributed by atoms with E-state index < -0.39 is 10.0 Å². The van der Waals surface area contributed by atoms with Crippen molar-refractivity contribution in [1.82, 2.24) is 5.32 Å². The number of benzene rings is 2. The maximum Gasteiger partial charge on any atom is 0.264 e. The maximum absolute atomic E-state index is 12.8. The van der Waals surface area contributed by atoms with Crippen LogP contribution in [0.15, 0.2) is 53.4 Å². The molecule has 0 aliphatic heterocycles. The zero-order chi connectivity index (χ0) is 22.9. The van der Waals surface area contributed by atoms with Gasteiger partial charge in [-0.05, 0) is 55.7 Å². The van der Waals surface area contributed by atoms with Gasteiger partial charge in [0, 0.05) is 26.8 Å². The van der Waals surface area contributed by atoms with Crippen molar-refractivity contribution in [3.63, 3.8) is 0 Å². The van der Waals surface area contributed by atoms with E-state index in [0.29, 0.717) is 37.1 Å². The van der Waals surface area contributed by atoms with Crippen LogP contribution in [0.5, 0.6) is 5.75 Å². The fraction of sp³-hybridized carbons (Fsp3) is 0.435. The molecule has 0 saturated carbocycles. The SMILES string of the molecule is Cc1ccc(S(=O)(=O)N(C)c2ccc(OCC(=O)NCCCOCC(C)C)cc2)cc1. The van der Waals surface area contributed by atoms with E-state index in [1.807, 2.05) is 6.92 Å². The van der Waals surface area contributed by atoms with Gasteiger partial charge in [-0.1, -0.05) is 31.5 Å². The summed E-state index contributed by atoms with van der Waals surface area (Å²) in [5.74, 6) is 0.768. The van der Waals surface area contributed by atoms with Crippen molar-refractivity contribution in [3.05, 3.63) is 54.1 Å².